The molecule has 0 unspecified atom stereocenters. The number of ether oxygens (including phenoxy) is 2. The maximum atomic E-state index is 12.4. The first kappa shape index (κ1) is 21.1. The normalized spacial score (nSPS) is 14.4. The van der Waals surface area contributed by atoms with Crippen LogP contribution < -0.4 is 5.32 Å². The Hall–Kier alpha value is -2.19. The number of amides is 1. The molecule has 1 aromatic heterocycles. The number of piperidine rings is 1. The molecule has 0 spiro atoms. The zero-order valence-corrected chi connectivity index (χ0v) is 16.7. The van der Waals surface area contributed by atoms with Crippen molar-refractivity contribution < 1.29 is 23.9 Å². The van der Waals surface area contributed by atoms with Crippen molar-refractivity contribution in [2.45, 2.75) is 33.1 Å². The molecule has 7 nitrogen and oxygen atoms in total. The summed E-state index contributed by atoms with van der Waals surface area (Å²) in [6, 6.07) is 0. The zero-order valence-electron chi connectivity index (χ0n) is 15.8. The van der Waals surface area contributed by atoms with Crippen LogP contribution in [0.5, 0.6) is 0 Å². The lowest BCUT2D eigenvalue weighted by atomic mass is 10.1. The van der Waals surface area contributed by atoms with Crippen LogP contribution in [0.1, 0.15) is 51.8 Å². The topological polar surface area (TPSA) is 84.9 Å². The average molecular weight is 394 g/mol. The van der Waals surface area contributed by atoms with E-state index in [2.05, 4.69) is 16.8 Å². The van der Waals surface area contributed by atoms with Crippen LogP contribution in [0.15, 0.2) is 12.7 Å². The number of nitrogens with one attached hydrogen (secondary N) is 1. The van der Waals surface area contributed by atoms with Gasteiger partial charge in [-0.3, -0.25) is 9.69 Å². The van der Waals surface area contributed by atoms with Gasteiger partial charge in [0.25, 0.3) is 0 Å². The summed E-state index contributed by atoms with van der Waals surface area (Å²) in [6.45, 7) is 9.17. The number of nitrogens with zero attached hydrogens (tertiary/aromatic N) is 1. The van der Waals surface area contributed by atoms with Gasteiger partial charge in [-0.25, -0.2) is 9.59 Å². The van der Waals surface area contributed by atoms with E-state index < -0.39 is 11.9 Å². The molecule has 1 saturated heterocycles. The van der Waals surface area contributed by atoms with E-state index in [1.165, 1.54) is 12.5 Å². The Morgan fingerprint density at radius 2 is 1.89 bits per heavy atom. The molecule has 8 heteroatoms. The van der Waals surface area contributed by atoms with E-state index in [4.69, 9.17) is 9.47 Å². The van der Waals surface area contributed by atoms with Crippen molar-refractivity contribution in [3.8, 4) is 0 Å². The Morgan fingerprint density at radius 3 is 2.52 bits per heavy atom. The van der Waals surface area contributed by atoms with Gasteiger partial charge in [0.15, 0.2) is 0 Å². The summed E-state index contributed by atoms with van der Waals surface area (Å²) < 4.78 is 10.2. The van der Waals surface area contributed by atoms with Gasteiger partial charge in [0.05, 0.1) is 18.7 Å². The van der Waals surface area contributed by atoms with Gasteiger partial charge in [-0.1, -0.05) is 19.1 Å². The van der Waals surface area contributed by atoms with Crippen molar-refractivity contribution in [2.75, 3.05) is 38.2 Å². The molecule has 0 aliphatic carbocycles. The predicted octanol–water partition coefficient (Wildman–Crippen LogP) is 3.00. The van der Waals surface area contributed by atoms with Crippen LogP contribution in [0.2, 0.25) is 0 Å². The third-order valence-electron chi connectivity index (χ3n) is 4.21. The molecule has 1 fully saturated rings. The van der Waals surface area contributed by atoms with Crippen LogP contribution in [0, 0.1) is 6.92 Å². The van der Waals surface area contributed by atoms with Gasteiger partial charge < -0.3 is 14.8 Å². The van der Waals surface area contributed by atoms with Crippen molar-refractivity contribution in [1.29, 1.82) is 0 Å². The van der Waals surface area contributed by atoms with E-state index in [1.807, 2.05) is 0 Å². The van der Waals surface area contributed by atoms with Gasteiger partial charge in [-0.15, -0.1) is 11.3 Å². The SMILES string of the molecule is C=CCOC(=O)c1sc(NC(=O)CN2CCCCC2)c(C(=O)OCC)c1C. The smallest absolute Gasteiger partial charge is 0.348 e. The number of rotatable bonds is 8. The van der Waals surface area contributed by atoms with Crippen molar-refractivity contribution in [2.24, 2.45) is 0 Å². The molecule has 0 atom stereocenters. The predicted molar refractivity (Wildman–Crippen MR) is 104 cm³/mol. The summed E-state index contributed by atoms with van der Waals surface area (Å²) in [5.41, 5.74) is 0.653. The second kappa shape index (κ2) is 10.2. The molecule has 148 valence electrons. The second-order valence-corrected chi connectivity index (χ2v) is 7.27. The standard InChI is InChI=1S/C19H26N2O5S/c1-4-11-26-19(24)16-13(3)15(18(23)25-5-2)17(27-16)20-14(22)12-21-9-7-6-8-10-21/h4H,1,5-12H2,2-3H3,(H,20,22). The first-order chi connectivity index (χ1) is 13.0. The molecule has 1 aliphatic heterocycles. The van der Waals surface area contributed by atoms with Crippen LogP contribution in [0.4, 0.5) is 5.00 Å². The molecule has 1 aliphatic rings. The van der Waals surface area contributed by atoms with Crippen molar-refractivity contribution in [3.63, 3.8) is 0 Å². The molecule has 0 bridgehead atoms. The lowest BCUT2D eigenvalue weighted by Gasteiger charge is -2.25. The molecule has 27 heavy (non-hydrogen) atoms. The van der Waals surface area contributed by atoms with Crippen LogP contribution in [-0.2, 0) is 14.3 Å². The molecule has 0 aromatic carbocycles. The monoisotopic (exact) mass is 394 g/mol. The Labute approximate surface area is 163 Å². The lowest BCUT2D eigenvalue weighted by Crippen LogP contribution is -2.36. The Balaban J connectivity index is 2.21. The van der Waals surface area contributed by atoms with E-state index in [0.717, 1.165) is 37.3 Å². The minimum Gasteiger partial charge on any atom is -0.462 e. The minimum absolute atomic E-state index is 0.0710. The van der Waals surface area contributed by atoms with Crippen LogP contribution in [0.3, 0.4) is 0 Å². The van der Waals surface area contributed by atoms with E-state index >= 15 is 0 Å². The number of hydrogen-bond acceptors (Lipinski definition) is 7. The minimum atomic E-state index is -0.567. The van der Waals surface area contributed by atoms with E-state index in [9.17, 15) is 14.4 Å². The number of carbonyl (C=O) groups excluding carboxylic acids is 3. The van der Waals surface area contributed by atoms with Crippen LogP contribution >= 0.6 is 11.3 Å². The third-order valence-corrected chi connectivity index (χ3v) is 5.40. The average Bonchev–Trinajstić information content (AvgIpc) is 2.96. The fourth-order valence-electron chi connectivity index (χ4n) is 2.93. The third kappa shape index (κ3) is 5.64. The number of carbonyl (C=O) groups is 3. The summed E-state index contributed by atoms with van der Waals surface area (Å²) >= 11 is 1.03. The lowest BCUT2D eigenvalue weighted by molar-refractivity contribution is -0.117. The van der Waals surface area contributed by atoms with Crippen molar-refractivity contribution in [1.82, 2.24) is 4.90 Å². The molecular weight excluding hydrogens is 368 g/mol. The fraction of sp³-hybridized carbons (Fsp3) is 0.526. The molecule has 0 saturated carbocycles. The summed E-state index contributed by atoms with van der Waals surface area (Å²) in [5, 5.41) is 3.10. The molecule has 0 radical (unpaired) electrons. The van der Waals surface area contributed by atoms with E-state index in [0.29, 0.717) is 10.6 Å². The van der Waals surface area contributed by atoms with Gasteiger partial charge >= 0.3 is 11.9 Å². The molecule has 1 amide bonds. The summed E-state index contributed by atoms with van der Waals surface area (Å²) in [4.78, 5) is 39.4. The van der Waals surface area contributed by atoms with Crippen molar-refractivity contribution >= 4 is 34.2 Å². The molecule has 1 N–H and O–H groups in total. The Bertz CT molecular complexity index is 707. The first-order valence-corrected chi connectivity index (χ1v) is 9.90. The highest BCUT2D eigenvalue weighted by Crippen LogP contribution is 2.34. The van der Waals surface area contributed by atoms with E-state index in [1.54, 1.807) is 13.8 Å². The highest BCUT2D eigenvalue weighted by molar-refractivity contribution is 7.18. The number of esters is 2. The quantitative estimate of drug-likeness (QED) is 0.539. The first-order valence-electron chi connectivity index (χ1n) is 9.08. The van der Waals surface area contributed by atoms with Gasteiger partial charge in [0, 0.05) is 0 Å². The largest absolute Gasteiger partial charge is 0.462 e. The maximum absolute atomic E-state index is 12.4. The summed E-state index contributed by atoms with van der Waals surface area (Å²) in [5.74, 6) is -1.34. The number of thiophene rings is 1. The number of anilines is 1. The maximum Gasteiger partial charge on any atom is 0.348 e. The summed E-state index contributed by atoms with van der Waals surface area (Å²) in [7, 11) is 0. The highest BCUT2D eigenvalue weighted by atomic mass is 32.1. The second-order valence-electron chi connectivity index (χ2n) is 6.25. The molecule has 1 aromatic rings. The number of likely N-dealkylation sites (tertiary alicyclic amines) is 1. The number of hydrogen-bond donors (Lipinski definition) is 1. The molecule has 2 heterocycles. The molecule has 2 rings (SSSR count). The van der Waals surface area contributed by atoms with Crippen molar-refractivity contribution in [3.05, 3.63) is 28.7 Å². The van der Waals surface area contributed by atoms with Crippen LogP contribution in [0.25, 0.3) is 0 Å². The van der Waals surface area contributed by atoms with Gasteiger partial charge in [0.1, 0.15) is 16.5 Å². The fourth-order valence-corrected chi connectivity index (χ4v) is 4.04. The van der Waals surface area contributed by atoms with E-state index in [-0.39, 0.29) is 36.1 Å². The van der Waals surface area contributed by atoms with Crippen LogP contribution in [-0.4, -0.2) is 55.6 Å². The summed E-state index contributed by atoms with van der Waals surface area (Å²) in [6.07, 6.45) is 4.82. The Kier molecular flexibility index (Phi) is 7.99. The Morgan fingerprint density at radius 1 is 1.19 bits per heavy atom. The highest BCUT2D eigenvalue weighted by Gasteiger charge is 2.27. The van der Waals surface area contributed by atoms with Gasteiger partial charge in [-0.2, -0.15) is 0 Å². The van der Waals surface area contributed by atoms with Gasteiger partial charge in [0.2, 0.25) is 5.91 Å². The zero-order chi connectivity index (χ0) is 19.8. The molecular formula is C19H26N2O5S. The van der Waals surface area contributed by atoms with Gasteiger partial charge in [-0.05, 0) is 45.3 Å².